The fraction of sp³-hybridized carbons (Fsp3) is 0.350. The Balaban J connectivity index is 1.86. The molecule has 0 aliphatic carbocycles. The second kappa shape index (κ2) is 10.8. The molecule has 1 heterocycles. The van der Waals surface area contributed by atoms with Gasteiger partial charge in [-0.05, 0) is 37.1 Å². The normalized spacial score (nSPS) is 11.0. The molecule has 0 saturated carbocycles. The van der Waals surface area contributed by atoms with Crippen molar-refractivity contribution < 1.29 is 9.53 Å². The number of nitrogens with zero attached hydrogens (tertiary/aromatic N) is 2. The van der Waals surface area contributed by atoms with Gasteiger partial charge in [-0.3, -0.25) is 14.8 Å². The average Bonchev–Trinajstić information content (AvgIpc) is 2.68. The summed E-state index contributed by atoms with van der Waals surface area (Å²) in [7, 11) is 1.66. The van der Waals surface area contributed by atoms with Crippen LogP contribution in [0.15, 0.2) is 47.7 Å². The number of hydrogen-bond donors (Lipinski definition) is 3. The minimum atomic E-state index is -0.173. The fourth-order valence-corrected chi connectivity index (χ4v) is 2.36. The molecule has 0 fully saturated rings. The van der Waals surface area contributed by atoms with Crippen LogP contribution in [0.2, 0.25) is 0 Å². The Morgan fingerprint density at radius 3 is 2.81 bits per heavy atom. The lowest BCUT2D eigenvalue weighted by Crippen LogP contribution is -2.41. The van der Waals surface area contributed by atoms with Crippen LogP contribution in [0.25, 0.3) is 0 Å². The Bertz CT molecular complexity index is 762. The number of rotatable bonds is 8. The molecule has 0 aliphatic rings. The molecule has 0 aliphatic heterocycles. The summed E-state index contributed by atoms with van der Waals surface area (Å²) in [4.78, 5) is 20.1. The van der Waals surface area contributed by atoms with E-state index in [9.17, 15) is 4.79 Å². The summed E-state index contributed by atoms with van der Waals surface area (Å²) >= 11 is 0. The quantitative estimate of drug-likeness (QED) is 0.491. The summed E-state index contributed by atoms with van der Waals surface area (Å²) in [6.45, 7) is 5.44. The predicted molar refractivity (Wildman–Crippen MR) is 108 cm³/mol. The van der Waals surface area contributed by atoms with Gasteiger partial charge < -0.3 is 20.7 Å². The number of carbonyl (C=O) groups is 1. The van der Waals surface area contributed by atoms with E-state index in [-0.39, 0.29) is 12.5 Å². The van der Waals surface area contributed by atoms with Crippen LogP contribution in [-0.2, 0) is 11.3 Å². The van der Waals surface area contributed by atoms with Crippen LogP contribution in [0.3, 0.4) is 0 Å². The van der Waals surface area contributed by atoms with Gasteiger partial charge >= 0.3 is 0 Å². The zero-order valence-electron chi connectivity index (χ0n) is 16.1. The van der Waals surface area contributed by atoms with E-state index in [0.717, 1.165) is 23.3 Å². The summed E-state index contributed by atoms with van der Waals surface area (Å²) in [6, 6.07) is 9.67. The van der Waals surface area contributed by atoms with E-state index >= 15 is 0 Å². The Hall–Kier alpha value is -3.09. The van der Waals surface area contributed by atoms with Gasteiger partial charge in [-0.25, -0.2) is 0 Å². The lowest BCUT2D eigenvalue weighted by atomic mass is 10.1. The molecule has 2 rings (SSSR count). The predicted octanol–water partition coefficient (Wildman–Crippen LogP) is 2.48. The standard InChI is InChI=1S/C20H27N5O2/c1-4-10-27-18-11-15(2)7-8-16(18)12-23-20(21-3)24-14-19(26)25-17-6-5-9-22-13-17/h5-9,11,13H,4,10,12,14H2,1-3H3,(H,25,26)(H2,21,23,24). The molecule has 0 unspecified atom stereocenters. The number of nitrogens with one attached hydrogen (secondary N) is 3. The van der Waals surface area contributed by atoms with Crippen molar-refractivity contribution in [2.75, 3.05) is 25.5 Å². The number of carbonyl (C=O) groups excluding carboxylic acids is 1. The molecule has 144 valence electrons. The molecule has 2 aromatic rings. The number of pyridine rings is 1. The largest absolute Gasteiger partial charge is 0.493 e. The van der Waals surface area contributed by atoms with Crippen molar-refractivity contribution in [1.29, 1.82) is 0 Å². The van der Waals surface area contributed by atoms with E-state index in [4.69, 9.17) is 4.74 Å². The summed E-state index contributed by atoms with van der Waals surface area (Å²) < 4.78 is 5.83. The molecular weight excluding hydrogens is 342 g/mol. The molecule has 3 N–H and O–H groups in total. The molecule has 1 aromatic carbocycles. The number of ether oxygens (including phenoxy) is 1. The van der Waals surface area contributed by atoms with Crippen molar-refractivity contribution in [3.05, 3.63) is 53.9 Å². The molecule has 7 nitrogen and oxygen atoms in total. The van der Waals surface area contributed by atoms with Crippen molar-refractivity contribution in [2.45, 2.75) is 26.8 Å². The number of aliphatic imine (C=N–C) groups is 1. The Morgan fingerprint density at radius 1 is 1.26 bits per heavy atom. The average molecular weight is 369 g/mol. The Kier molecular flexibility index (Phi) is 8.09. The molecule has 0 spiro atoms. The van der Waals surface area contributed by atoms with E-state index in [1.54, 1.807) is 31.6 Å². The van der Waals surface area contributed by atoms with Crippen LogP contribution >= 0.6 is 0 Å². The summed E-state index contributed by atoms with van der Waals surface area (Å²) in [5, 5.41) is 8.97. The third kappa shape index (κ3) is 6.97. The van der Waals surface area contributed by atoms with Crippen LogP contribution in [0.4, 0.5) is 5.69 Å². The van der Waals surface area contributed by atoms with Gasteiger partial charge in [-0.15, -0.1) is 0 Å². The first-order chi connectivity index (χ1) is 13.1. The number of guanidine groups is 1. The molecule has 7 heteroatoms. The first-order valence-corrected chi connectivity index (χ1v) is 8.99. The maximum Gasteiger partial charge on any atom is 0.243 e. The minimum Gasteiger partial charge on any atom is -0.493 e. The number of aromatic nitrogens is 1. The van der Waals surface area contributed by atoms with Crippen molar-refractivity contribution in [3.8, 4) is 5.75 Å². The second-order valence-electron chi connectivity index (χ2n) is 6.03. The Morgan fingerprint density at radius 2 is 2.11 bits per heavy atom. The van der Waals surface area contributed by atoms with Gasteiger partial charge in [-0.2, -0.15) is 0 Å². The first-order valence-electron chi connectivity index (χ1n) is 8.99. The van der Waals surface area contributed by atoms with Gasteiger partial charge in [0.15, 0.2) is 5.96 Å². The minimum absolute atomic E-state index is 0.0989. The molecule has 27 heavy (non-hydrogen) atoms. The highest BCUT2D eigenvalue weighted by Gasteiger charge is 2.07. The number of aryl methyl sites for hydroxylation is 1. The monoisotopic (exact) mass is 369 g/mol. The number of amides is 1. The summed E-state index contributed by atoms with van der Waals surface area (Å²) in [5.74, 6) is 1.24. The number of benzene rings is 1. The van der Waals surface area contributed by atoms with Gasteiger partial charge in [0, 0.05) is 25.4 Å². The lowest BCUT2D eigenvalue weighted by molar-refractivity contribution is -0.115. The zero-order chi connectivity index (χ0) is 19.5. The number of anilines is 1. The highest BCUT2D eigenvalue weighted by Crippen LogP contribution is 2.20. The van der Waals surface area contributed by atoms with Crippen molar-refractivity contribution >= 4 is 17.6 Å². The lowest BCUT2D eigenvalue weighted by Gasteiger charge is -2.15. The molecule has 0 saturated heterocycles. The highest BCUT2D eigenvalue weighted by molar-refractivity contribution is 5.94. The van der Waals surface area contributed by atoms with Crippen molar-refractivity contribution in [2.24, 2.45) is 4.99 Å². The third-order valence-electron chi connectivity index (χ3n) is 3.72. The van der Waals surface area contributed by atoms with Crippen LogP contribution in [0.1, 0.15) is 24.5 Å². The van der Waals surface area contributed by atoms with Crippen molar-refractivity contribution in [1.82, 2.24) is 15.6 Å². The van der Waals surface area contributed by atoms with Gasteiger partial charge in [0.2, 0.25) is 5.91 Å². The molecule has 0 bridgehead atoms. The van der Waals surface area contributed by atoms with E-state index in [0.29, 0.717) is 24.8 Å². The smallest absolute Gasteiger partial charge is 0.243 e. The maximum absolute atomic E-state index is 12.0. The van der Waals surface area contributed by atoms with Crippen LogP contribution in [0.5, 0.6) is 5.75 Å². The van der Waals surface area contributed by atoms with E-state index in [1.807, 2.05) is 25.1 Å². The van der Waals surface area contributed by atoms with Crippen molar-refractivity contribution in [3.63, 3.8) is 0 Å². The fourth-order valence-electron chi connectivity index (χ4n) is 2.36. The van der Waals surface area contributed by atoms with Gasteiger partial charge in [0.05, 0.1) is 25.0 Å². The van der Waals surface area contributed by atoms with Crippen LogP contribution in [-0.4, -0.2) is 37.1 Å². The van der Waals surface area contributed by atoms with E-state index in [1.165, 1.54) is 0 Å². The highest BCUT2D eigenvalue weighted by atomic mass is 16.5. The Labute approximate surface area is 160 Å². The summed E-state index contributed by atoms with van der Waals surface area (Å²) in [6.07, 6.45) is 4.21. The van der Waals surface area contributed by atoms with Gasteiger partial charge in [-0.1, -0.05) is 19.1 Å². The van der Waals surface area contributed by atoms with E-state index in [2.05, 4.69) is 32.9 Å². The second-order valence-corrected chi connectivity index (χ2v) is 6.03. The topological polar surface area (TPSA) is 87.6 Å². The molecule has 1 aromatic heterocycles. The third-order valence-corrected chi connectivity index (χ3v) is 3.72. The zero-order valence-corrected chi connectivity index (χ0v) is 16.1. The SMILES string of the molecule is CCCOc1cc(C)ccc1CNC(=NC)NCC(=O)Nc1cccnc1. The molecule has 0 radical (unpaired) electrons. The molecule has 1 amide bonds. The van der Waals surface area contributed by atoms with Gasteiger partial charge in [0.25, 0.3) is 0 Å². The number of hydrogen-bond acceptors (Lipinski definition) is 4. The molecule has 0 atom stereocenters. The maximum atomic E-state index is 12.0. The molecular formula is C20H27N5O2. The summed E-state index contributed by atoms with van der Waals surface area (Å²) in [5.41, 5.74) is 2.85. The first kappa shape index (κ1) is 20.2. The van der Waals surface area contributed by atoms with Crippen LogP contribution < -0.4 is 20.7 Å². The van der Waals surface area contributed by atoms with Gasteiger partial charge in [0.1, 0.15) is 5.75 Å². The van der Waals surface area contributed by atoms with E-state index < -0.39 is 0 Å². The van der Waals surface area contributed by atoms with Crippen LogP contribution in [0, 0.1) is 6.92 Å².